The lowest BCUT2D eigenvalue weighted by Crippen LogP contribution is -2.20. The van der Waals surface area contributed by atoms with Crippen LogP contribution in [0.1, 0.15) is 24.8 Å². The molecule has 1 saturated heterocycles. The molecule has 0 amide bonds. The summed E-state index contributed by atoms with van der Waals surface area (Å²) in [5.74, 6) is 0. The van der Waals surface area contributed by atoms with Crippen molar-refractivity contribution in [3.8, 4) is 11.1 Å². The Morgan fingerprint density at radius 1 is 0.800 bits per heavy atom. The van der Waals surface area contributed by atoms with E-state index in [1.807, 2.05) is 0 Å². The van der Waals surface area contributed by atoms with E-state index in [1.54, 1.807) is 0 Å². The summed E-state index contributed by atoms with van der Waals surface area (Å²) in [6.07, 6.45) is 5.25. The maximum Gasteiger partial charge on any atom is -0.00156 e. The summed E-state index contributed by atoms with van der Waals surface area (Å²) in [5.41, 5.74) is 4.11. The number of likely N-dealkylation sites (tertiary alicyclic amines) is 1. The smallest absolute Gasteiger partial charge is 0.00156 e. The van der Waals surface area contributed by atoms with Gasteiger partial charge in [-0.25, -0.2) is 0 Å². The molecule has 20 heavy (non-hydrogen) atoms. The zero-order chi connectivity index (χ0) is 13.6. The summed E-state index contributed by atoms with van der Waals surface area (Å²) in [7, 11) is 0. The lowest BCUT2D eigenvalue weighted by atomic mass is 10.0. The van der Waals surface area contributed by atoms with Gasteiger partial charge >= 0.3 is 0 Å². The molecule has 0 aliphatic carbocycles. The third-order valence-corrected chi connectivity index (χ3v) is 4.17. The maximum atomic E-state index is 2.60. The molecule has 1 heterocycles. The molecule has 0 aromatic heterocycles. The van der Waals surface area contributed by atoms with Crippen molar-refractivity contribution < 1.29 is 0 Å². The fraction of sp³-hybridized carbons (Fsp3) is 0.368. The van der Waals surface area contributed by atoms with Gasteiger partial charge in [-0.1, -0.05) is 54.6 Å². The number of benzene rings is 2. The predicted molar refractivity (Wildman–Crippen MR) is 85.9 cm³/mol. The highest BCUT2D eigenvalue weighted by Crippen LogP contribution is 2.20. The second-order valence-electron chi connectivity index (χ2n) is 5.72. The van der Waals surface area contributed by atoms with Crippen molar-refractivity contribution in [1.29, 1.82) is 0 Å². The average molecular weight is 265 g/mol. The second-order valence-corrected chi connectivity index (χ2v) is 5.72. The van der Waals surface area contributed by atoms with Gasteiger partial charge in [-0.15, -0.1) is 0 Å². The van der Waals surface area contributed by atoms with Crippen molar-refractivity contribution in [3.05, 3.63) is 60.2 Å². The van der Waals surface area contributed by atoms with Crippen molar-refractivity contribution in [1.82, 2.24) is 4.90 Å². The molecule has 2 aromatic carbocycles. The van der Waals surface area contributed by atoms with E-state index in [1.165, 1.54) is 62.0 Å². The van der Waals surface area contributed by atoms with Gasteiger partial charge in [-0.3, -0.25) is 0 Å². The Balaban J connectivity index is 1.59. The Bertz CT molecular complexity index is 526. The van der Waals surface area contributed by atoms with Gasteiger partial charge in [0.25, 0.3) is 0 Å². The zero-order valence-electron chi connectivity index (χ0n) is 12.1. The summed E-state index contributed by atoms with van der Waals surface area (Å²) < 4.78 is 0. The molecule has 0 spiro atoms. The Kier molecular flexibility index (Phi) is 4.49. The van der Waals surface area contributed by atoms with E-state index in [0.717, 1.165) is 0 Å². The Morgan fingerprint density at radius 3 is 2.35 bits per heavy atom. The molecule has 1 fully saturated rings. The van der Waals surface area contributed by atoms with E-state index in [9.17, 15) is 0 Å². The molecule has 1 aliphatic heterocycles. The second kappa shape index (κ2) is 6.71. The van der Waals surface area contributed by atoms with Gasteiger partial charge in [-0.2, -0.15) is 0 Å². The molecule has 1 heteroatoms. The highest BCUT2D eigenvalue weighted by molar-refractivity contribution is 5.63. The monoisotopic (exact) mass is 265 g/mol. The molecule has 0 N–H and O–H groups in total. The largest absolute Gasteiger partial charge is 0.303 e. The summed E-state index contributed by atoms with van der Waals surface area (Å²) in [6.45, 7) is 3.88. The number of hydrogen-bond acceptors (Lipinski definition) is 1. The summed E-state index contributed by atoms with van der Waals surface area (Å²) in [5, 5.41) is 0. The maximum absolute atomic E-state index is 2.60. The fourth-order valence-corrected chi connectivity index (χ4v) is 3.05. The van der Waals surface area contributed by atoms with Crippen LogP contribution in [0.4, 0.5) is 0 Å². The predicted octanol–water partition coefficient (Wildman–Crippen LogP) is 4.38. The van der Waals surface area contributed by atoms with Crippen LogP contribution < -0.4 is 0 Å². The van der Waals surface area contributed by atoms with Crippen molar-refractivity contribution in [2.24, 2.45) is 0 Å². The number of hydrogen-bond donors (Lipinski definition) is 0. The van der Waals surface area contributed by atoms with Gasteiger partial charge < -0.3 is 4.90 Å². The van der Waals surface area contributed by atoms with Gasteiger partial charge in [0, 0.05) is 0 Å². The molecule has 2 aromatic rings. The average Bonchev–Trinajstić information content (AvgIpc) is 3.02. The Morgan fingerprint density at radius 2 is 1.55 bits per heavy atom. The zero-order valence-corrected chi connectivity index (χ0v) is 12.1. The third-order valence-electron chi connectivity index (χ3n) is 4.17. The Labute approximate surface area is 122 Å². The highest BCUT2D eigenvalue weighted by atomic mass is 15.1. The minimum Gasteiger partial charge on any atom is -0.303 e. The molecule has 104 valence electrons. The molecule has 0 saturated carbocycles. The molecule has 0 atom stereocenters. The minimum absolute atomic E-state index is 1.19. The van der Waals surface area contributed by atoms with Gasteiger partial charge in [0.15, 0.2) is 0 Å². The first-order valence-electron chi connectivity index (χ1n) is 7.78. The first kappa shape index (κ1) is 13.4. The van der Waals surface area contributed by atoms with Crippen LogP contribution in [0.3, 0.4) is 0 Å². The van der Waals surface area contributed by atoms with Gasteiger partial charge in [0.1, 0.15) is 0 Å². The molecular formula is C19H23N. The topological polar surface area (TPSA) is 3.24 Å². The normalized spacial score (nSPS) is 15.6. The summed E-state index contributed by atoms with van der Waals surface area (Å²) in [4.78, 5) is 2.60. The lowest BCUT2D eigenvalue weighted by molar-refractivity contribution is 0.334. The molecule has 0 radical (unpaired) electrons. The molecule has 1 aliphatic rings. The first-order valence-corrected chi connectivity index (χ1v) is 7.78. The van der Waals surface area contributed by atoms with Crippen LogP contribution in [-0.2, 0) is 6.42 Å². The van der Waals surface area contributed by atoms with Crippen LogP contribution in [0.15, 0.2) is 54.6 Å². The van der Waals surface area contributed by atoms with E-state index < -0.39 is 0 Å². The number of rotatable bonds is 5. The third kappa shape index (κ3) is 3.49. The highest BCUT2D eigenvalue weighted by Gasteiger charge is 2.10. The number of aryl methyl sites for hydroxylation is 1. The molecule has 3 rings (SSSR count). The van der Waals surface area contributed by atoms with Crippen molar-refractivity contribution >= 4 is 0 Å². The quantitative estimate of drug-likeness (QED) is 0.775. The van der Waals surface area contributed by atoms with Crippen LogP contribution in [-0.4, -0.2) is 24.5 Å². The molecule has 0 unspecified atom stereocenters. The minimum atomic E-state index is 1.19. The summed E-state index contributed by atoms with van der Waals surface area (Å²) in [6, 6.07) is 19.7. The van der Waals surface area contributed by atoms with Crippen LogP contribution in [0.5, 0.6) is 0 Å². The van der Waals surface area contributed by atoms with Crippen LogP contribution in [0.2, 0.25) is 0 Å². The Hall–Kier alpha value is -1.60. The fourth-order valence-electron chi connectivity index (χ4n) is 3.05. The van der Waals surface area contributed by atoms with E-state index in [0.29, 0.717) is 0 Å². The lowest BCUT2D eigenvalue weighted by Gasteiger charge is -2.14. The van der Waals surface area contributed by atoms with E-state index in [-0.39, 0.29) is 0 Å². The van der Waals surface area contributed by atoms with Gasteiger partial charge in [-0.05, 0) is 62.0 Å². The van der Waals surface area contributed by atoms with E-state index in [2.05, 4.69) is 59.5 Å². The van der Waals surface area contributed by atoms with Crippen molar-refractivity contribution in [2.75, 3.05) is 19.6 Å². The van der Waals surface area contributed by atoms with Crippen LogP contribution >= 0.6 is 0 Å². The standard InChI is InChI=1S/C19H23N/c1-2-10-18(11-3-1)19-12-6-8-17(16-19)9-7-15-20-13-4-5-14-20/h1-3,6,8,10-12,16H,4-5,7,9,13-15H2. The SMILES string of the molecule is c1ccc(-c2cccc(CCCN3CCCC3)c2)cc1. The van der Waals surface area contributed by atoms with Crippen LogP contribution in [0.25, 0.3) is 11.1 Å². The first-order chi connectivity index (χ1) is 9.92. The van der Waals surface area contributed by atoms with Crippen LogP contribution in [0, 0.1) is 0 Å². The number of nitrogens with zero attached hydrogens (tertiary/aromatic N) is 1. The van der Waals surface area contributed by atoms with Crippen molar-refractivity contribution in [2.45, 2.75) is 25.7 Å². The van der Waals surface area contributed by atoms with Gasteiger partial charge in [0.05, 0.1) is 0 Å². The summed E-state index contributed by atoms with van der Waals surface area (Å²) >= 11 is 0. The molecule has 0 bridgehead atoms. The van der Waals surface area contributed by atoms with Gasteiger partial charge in [0.2, 0.25) is 0 Å². The molecule has 1 nitrogen and oxygen atoms in total. The van der Waals surface area contributed by atoms with E-state index >= 15 is 0 Å². The van der Waals surface area contributed by atoms with E-state index in [4.69, 9.17) is 0 Å². The van der Waals surface area contributed by atoms with Crippen molar-refractivity contribution in [3.63, 3.8) is 0 Å². The molecular weight excluding hydrogens is 242 g/mol.